The molecule has 0 spiro atoms. The van der Waals surface area contributed by atoms with Crippen LogP contribution in [0.5, 0.6) is 5.75 Å². The number of likely N-dealkylation sites (N-methyl/N-ethyl adjacent to an activating group) is 1. The third-order valence-corrected chi connectivity index (χ3v) is 5.91. The summed E-state index contributed by atoms with van der Waals surface area (Å²) in [6, 6.07) is 11.6. The average molecular weight is 455 g/mol. The molecule has 0 aliphatic heterocycles. The Hall–Kier alpha value is -1.90. The third kappa shape index (κ3) is 5.31. The largest absolute Gasteiger partial charge is 0.480 e. The van der Waals surface area contributed by atoms with Gasteiger partial charge in [-0.25, -0.2) is 13.6 Å². The maximum Gasteiger partial charge on any atom is 0.263 e. The van der Waals surface area contributed by atoms with Crippen LogP contribution in [-0.2, 0) is 14.8 Å². The van der Waals surface area contributed by atoms with Crippen LogP contribution in [-0.4, -0.2) is 32.4 Å². The van der Waals surface area contributed by atoms with Gasteiger partial charge in [0.25, 0.3) is 5.91 Å². The molecule has 0 heterocycles. The van der Waals surface area contributed by atoms with Crippen LogP contribution in [0, 0.1) is 6.92 Å². The summed E-state index contributed by atoms with van der Waals surface area (Å²) in [5.41, 5.74) is 1.88. The van der Waals surface area contributed by atoms with Crippen LogP contribution in [0.3, 0.4) is 0 Å². The molecular formula is C19H23BrN2O4S. The van der Waals surface area contributed by atoms with Gasteiger partial charge in [0.1, 0.15) is 5.75 Å². The highest BCUT2D eigenvalue weighted by atomic mass is 79.9. The highest BCUT2D eigenvalue weighted by molar-refractivity contribution is 9.10. The molecule has 0 aliphatic rings. The van der Waals surface area contributed by atoms with E-state index in [2.05, 4.69) is 15.9 Å². The number of benzene rings is 2. The van der Waals surface area contributed by atoms with Crippen molar-refractivity contribution in [3.8, 4) is 5.75 Å². The van der Waals surface area contributed by atoms with Gasteiger partial charge in [-0.3, -0.25) is 4.79 Å². The van der Waals surface area contributed by atoms with Gasteiger partial charge < -0.3 is 9.64 Å². The first-order valence-electron chi connectivity index (χ1n) is 8.33. The molecule has 0 fully saturated rings. The zero-order valence-electron chi connectivity index (χ0n) is 15.6. The molecule has 2 rings (SSSR count). The molecule has 6 nitrogen and oxygen atoms in total. The van der Waals surface area contributed by atoms with Crippen molar-refractivity contribution in [3.05, 3.63) is 58.1 Å². The molecule has 0 aliphatic carbocycles. The van der Waals surface area contributed by atoms with E-state index in [1.54, 1.807) is 31.0 Å². The number of hydrogen-bond acceptors (Lipinski definition) is 4. The van der Waals surface area contributed by atoms with Crippen LogP contribution in [0.15, 0.2) is 51.8 Å². The number of rotatable bonds is 6. The monoisotopic (exact) mass is 454 g/mol. The predicted octanol–water partition coefficient (Wildman–Crippen LogP) is 3.39. The SMILES string of the molecule is Cc1ccc(OC(C)C(=O)N(C)C(C)c2ccc(S(N)(=O)=O)cc2)c(Br)c1. The Balaban J connectivity index is 2.10. The number of nitrogens with two attached hydrogens (primary N) is 1. The van der Waals surface area contributed by atoms with Gasteiger partial charge in [0, 0.05) is 7.05 Å². The molecule has 146 valence electrons. The van der Waals surface area contributed by atoms with Crippen molar-refractivity contribution in [2.45, 2.75) is 37.8 Å². The zero-order valence-corrected chi connectivity index (χ0v) is 18.0. The smallest absolute Gasteiger partial charge is 0.263 e. The molecule has 1 amide bonds. The quantitative estimate of drug-likeness (QED) is 0.723. The van der Waals surface area contributed by atoms with Crippen molar-refractivity contribution in [1.82, 2.24) is 4.90 Å². The molecule has 2 aromatic rings. The Morgan fingerprint density at radius 2 is 1.74 bits per heavy atom. The molecule has 2 unspecified atom stereocenters. The lowest BCUT2D eigenvalue weighted by molar-refractivity contribution is -0.138. The second-order valence-electron chi connectivity index (χ2n) is 6.43. The van der Waals surface area contributed by atoms with Gasteiger partial charge in [-0.05, 0) is 72.1 Å². The number of amides is 1. The highest BCUT2D eigenvalue weighted by Gasteiger charge is 2.24. The van der Waals surface area contributed by atoms with Crippen molar-refractivity contribution >= 4 is 31.9 Å². The Morgan fingerprint density at radius 1 is 1.15 bits per heavy atom. The first kappa shape index (κ1) is 21.4. The van der Waals surface area contributed by atoms with Crippen molar-refractivity contribution in [1.29, 1.82) is 0 Å². The van der Waals surface area contributed by atoms with Crippen LogP contribution in [0.25, 0.3) is 0 Å². The molecule has 0 radical (unpaired) electrons. The first-order valence-corrected chi connectivity index (χ1v) is 10.7. The van der Waals surface area contributed by atoms with Crippen LogP contribution in [0.2, 0.25) is 0 Å². The van der Waals surface area contributed by atoms with Crippen molar-refractivity contribution in [2.24, 2.45) is 5.14 Å². The predicted molar refractivity (Wildman–Crippen MR) is 108 cm³/mol. The van der Waals surface area contributed by atoms with Gasteiger partial charge >= 0.3 is 0 Å². The van der Waals surface area contributed by atoms with E-state index in [9.17, 15) is 13.2 Å². The maximum absolute atomic E-state index is 12.7. The highest BCUT2D eigenvalue weighted by Crippen LogP contribution is 2.28. The van der Waals surface area contributed by atoms with Crippen molar-refractivity contribution in [3.63, 3.8) is 0 Å². The summed E-state index contributed by atoms with van der Waals surface area (Å²) >= 11 is 3.44. The number of ether oxygens (including phenoxy) is 1. The zero-order chi connectivity index (χ0) is 20.4. The minimum Gasteiger partial charge on any atom is -0.480 e. The molecule has 0 aromatic heterocycles. The molecule has 0 saturated heterocycles. The molecule has 2 aromatic carbocycles. The molecule has 0 saturated carbocycles. The van der Waals surface area contributed by atoms with Gasteiger partial charge in [0.05, 0.1) is 15.4 Å². The number of halogens is 1. The Bertz CT molecular complexity index is 929. The second kappa shape index (κ2) is 8.41. The lowest BCUT2D eigenvalue weighted by Gasteiger charge is -2.28. The standard InChI is InChI=1S/C19H23BrN2O4S/c1-12-5-10-18(17(20)11-12)26-14(3)19(23)22(4)13(2)15-6-8-16(9-7-15)27(21,24)25/h5-11,13-14H,1-4H3,(H2,21,24,25). The summed E-state index contributed by atoms with van der Waals surface area (Å²) in [6.45, 7) is 5.53. The summed E-state index contributed by atoms with van der Waals surface area (Å²) in [4.78, 5) is 14.3. The normalized spacial score (nSPS) is 13.7. The van der Waals surface area contributed by atoms with Crippen LogP contribution < -0.4 is 9.88 Å². The van der Waals surface area contributed by atoms with E-state index < -0.39 is 16.1 Å². The van der Waals surface area contributed by atoms with Crippen molar-refractivity contribution < 1.29 is 17.9 Å². The summed E-state index contributed by atoms with van der Waals surface area (Å²) in [7, 11) is -2.06. The molecule has 2 atom stereocenters. The summed E-state index contributed by atoms with van der Waals surface area (Å²) in [5, 5.41) is 5.11. The number of sulfonamides is 1. The fraction of sp³-hybridized carbons (Fsp3) is 0.316. The van der Waals surface area contributed by atoms with E-state index in [4.69, 9.17) is 9.88 Å². The lowest BCUT2D eigenvalue weighted by Crippen LogP contribution is -2.39. The van der Waals surface area contributed by atoms with Gasteiger partial charge in [-0.1, -0.05) is 18.2 Å². The first-order chi connectivity index (χ1) is 12.5. The van der Waals surface area contributed by atoms with E-state index in [1.165, 1.54) is 12.1 Å². The fourth-order valence-corrected chi connectivity index (χ4v) is 3.68. The molecule has 8 heteroatoms. The molecule has 0 bridgehead atoms. The van der Waals surface area contributed by atoms with Gasteiger partial charge in [-0.15, -0.1) is 0 Å². The van der Waals surface area contributed by atoms with E-state index in [0.717, 1.165) is 15.6 Å². The summed E-state index contributed by atoms with van der Waals surface area (Å²) in [5.74, 6) is 0.408. The third-order valence-electron chi connectivity index (χ3n) is 4.36. The molecule has 2 N–H and O–H groups in total. The second-order valence-corrected chi connectivity index (χ2v) is 8.85. The Labute approximate surface area is 168 Å². The van der Waals surface area contributed by atoms with E-state index in [0.29, 0.717) is 5.75 Å². The Kier molecular flexibility index (Phi) is 6.67. The van der Waals surface area contributed by atoms with Crippen LogP contribution >= 0.6 is 15.9 Å². The topological polar surface area (TPSA) is 89.7 Å². The van der Waals surface area contributed by atoms with Gasteiger partial charge in [0.15, 0.2) is 6.10 Å². The van der Waals surface area contributed by atoms with Crippen LogP contribution in [0.1, 0.15) is 31.0 Å². The van der Waals surface area contributed by atoms with Gasteiger partial charge in [-0.2, -0.15) is 0 Å². The van der Waals surface area contributed by atoms with Crippen LogP contribution in [0.4, 0.5) is 0 Å². The molecular weight excluding hydrogens is 432 g/mol. The van der Waals surface area contributed by atoms with E-state index >= 15 is 0 Å². The fourth-order valence-electron chi connectivity index (χ4n) is 2.58. The molecule has 27 heavy (non-hydrogen) atoms. The number of primary sulfonamides is 1. The lowest BCUT2D eigenvalue weighted by atomic mass is 10.1. The number of nitrogens with zero attached hydrogens (tertiary/aromatic N) is 1. The average Bonchev–Trinajstić information content (AvgIpc) is 2.61. The summed E-state index contributed by atoms with van der Waals surface area (Å²) < 4.78 is 29.3. The van der Waals surface area contributed by atoms with Crippen molar-refractivity contribution in [2.75, 3.05) is 7.05 Å². The number of hydrogen-bond donors (Lipinski definition) is 1. The summed E-state index contributed by atoms with van der Waals surface area (Å²) in [6.07, 6.45) is -0.680. The number of carbonyl (C=O) groups excluding carboxylic acids is 1. The van der Waals surface area contributed by atoms with Gasteiger partial charge in [0.2, 0.25) is 10.0 Å². The number of carbonyl (C=O) groups is 1. The maximum atomic E-state index is 12.7. The minimum absolute atomic E-state index is 0.0355. The number of aryl methyl sites for hydroxylation is 1. The minimum atomic E-state index is -3.74. The Morgan fingerprint density at radius 3 is 2.26 bits per heavy atom. The van der Waals surface area contributed by atoms with E-state index in [-0.39, 0.29) is 16.8 Å². The van der Waals surface area contributed by atoms with E-state index in [1.807, 2.05) is 32.0 Å².